The van der Waals surface area contributed by atoms with Crippen LogP contribution in [0.2, 0.25) is 0 Å². The van der Waals surface area contributed by atoms with Crippen LogP contribution in [-0.2, 0) is 0 Å². The maximum atomic E-state index is 5.47. The summed E-state index contributed by atoms with van der Waals surface area (Å²) in [5.41, 5.74) is 0. The van der Waals surface area contributed by atoms with Crippen LogP contribution in [-0.4, -0.2) is 5.88 Å². The lowest BCUT2D eigenvalue weighted by Gasteiger charge is -2.20. The van der Waals surface area contributed by atoms with Crippen LogP contribution in [0.1, 0.15) is 19.3 Å². The van der Waals surface area contributed by atoms with Gasteiger partial charge < -0.3 is 0 Å². The van der Waals surface area contributed by atoms with Crippen LogP contribution in [0.5, 0.6) is 0 Å². The minimum atomic E-state index is 0.806. The van der Waals surface area contributed by atoms with Gasteiger partial charge >= 0.3 is 0 Å². The van der Waals surface area contributed by atoms with Crippen molar-refractivity contribution >= 4 is 11.6 Å². The first-order valence-corrected chi connectivity index (χ1v) is 2.86. The van der Waals surface area contributed by atoms with Crippen molar-refractivity contribution < 1.29 is 0 Å². The Kier molecular flexibility index (Phi) is 1.36. The van der Waals surface area contributed by atoms with Gasteiger partial charge in [-0.1, -0.05) is 6.42 Å². The fraction of sp³-hybridized carbons (Fsp3) is 0.800. The SMILES string of the molecule is ClC[C]1CCC1. The molecule has 0 amide bonds. The van der Waals surface area contributed by atoms with E-state index in [1.165, 1.54) is 25.2 Å². The quantitative estimate of drug-likeness (QED) is 0.445. The zero-order valence-electron chi connectivity index (χ0n) is 3.71. The second-order valence-corrected chi connectivity index (χ2v) is 2.00. The Morgan fingerprint density at radius 3 is 2.17 bits per heavy atom. The Morgan fingerprint density at radius 1 is 1.50 bits per heavy atom. The van der Waals surface area contributed by atoms with Gasteiger partial charge in [0.1, 0.15) is 0 Å². The van der Waals surface area contributed by atoms with Crippen molar-refractivity contribution in [2.24, 2.45) is 0 Å². The van der Waals surface area contributed by atoms with E-state index in [-0.39, 0.29) is 0 Å². The van der Waals surface area contributed by atoms with Crippen LogP contribution in [0.15, 0.2) is 0 Å². The molecule has 0 atom stereocenters. The van der Waals surface area contributed by atoms with Crippen LogP contribution < -0.4 is 0 Å². The van der Waals surface area contributed by atoms with Crippen LogP contribution in [0.3, 0.4) is 0 Å². The maximum Gasteiger partial charge on any atom is 0.0285 e. The fourth-order valence-corrected chi connectivity index (χ4v) is 0.828. The molecule has 0 nitrogen and oxygen atoms in total. The lowest BCUT2D eigenvalue weighted by molar-refractivity contribution is 0.560. The average Bonchev–Trinajstić information content (AvgIpc) is 1.31. The van der Waals surface area contributed by atoms with E-state index in [0.717, 1.165) is 5.88 Å². The van der Waals surface area contributed by atoms with Crippen LogP contribution in [0.4, 0.5) is 0 Å². The van der Waals surface area contributed by atoms with Crippen molar-refractivity contribution in [3.8, 4) is 0 Å². The first-order valence-electron chi connectivity index (χ1n) is 2.33. The van der Waals surface area contributed by atoms with Crippen LogP contribution in [0, 0.1) is 5.92 Å². The molecule has 1 radical (unpaired) electrons. The summed E-state index contributed by atoms with van der Waals surface area (Å²) in [4.78, 5) is 0. The normalized spacial score (nSPS) is 23.5. The second kappa shape index (κ2) is 1.83. The minimum Gasteiger partial charge on any atom is -0.126 e. The zero-order valence-corrected chi connectivity index (χ0v) is 4.46. The third-order valence-corrected chi connectivity index (χ3v) is 1.63. The van der Waals surface area contributed by atoms with E-state index in [0.29, 0.717) is 0 Å². The van der Waals surface area contributed by atoms with E-state index in [4.69, 9.17) is 11.6 Å². The Labute approximate surface area is 43.5 Å². The van der Waals surface area contributed by atoms with Gasteiger partial charge in [0, 0.05) is 5.88 Å². The van der Waals surface area contributed by atoms with Crippen molar-refractivity contribution in [1.82, 2.24) is 0 Å². The molecule has 0 aromatic rings. The number of hydrogen-bond donors (Lipinski definition) is 0. The summed E-state index contributed by atoms with van der Waals surface area (Å²) >= 11 is 5.47. The molecule has 0 spiro atoms. The van der Waals surface area contributed by atoms with E-state index < -0.39 is 0 Å². The Balaban J connectivity index is 2.01. The molecule has 0 aromatic carbocycles. The van der Waals surface area contributed by atoms with Gasteiger partial charge in [-0.05, 0) is 18.8 Å². The second-order valence-electron chi connectivity index (χ2n) is 1.74. The molecule has 0 aromatic heterocycles. The van der Waals surface area contributed by atoms with Gasteiger partial charge in [0.05, 0.1) is 0 Å². The Bertz CT molecular complexity index is 36.4. The molecule has 0 saturated heterocycles. The fourth-order valence-electron chi connectivity index (χ4n) is 0.560. The molecule has 35 valence electrons. The standard InChI is InChI=1S/C5H8Cl/c6-4-5-2-1-3-5/h1-4H2. The van der Waals surface area contributed by atoms with Crippen LogP contribution in [0.25, 0.3) is 0 Å². The summed E-state index contributed by atoms with van der Waals surface area (Å²) < 4.78 is 0. The highest BCUT2D eigenvalue weighted by atomic mass is 35.5. The molecule has 1 saturated carbocycles. The highest BCUT2D eigenvalue weighted by Crippen LogP contribution is 2.28. The molecular formula is C5H8Cl. The summed E-state index contributed by atoms with van der Waals surface area (Å²) in [6.07, 6.45) is 3.97. The van der Waals surface area contributed by atoms with Crippen molar-refractivity contribution in [3.63, 3.8) is 0 Å². The minimum absolute atomic E-state index is 0.806. The summed E-state index contributed by atoms with van der Waals surface area (Å²) in [5, 5.41) is 0. The number of hydrogen-bond acceptors (Lipinski definition) is 0. The summed E-state index contributed by atoms with van der Waals surface area (Å²) in [5.74, 6) is 2.34. The predicted molar refractivity (Wildman–Crippen MR) is 27.8 cm³/mol. The molecular weight excluding hydrogens is 95.5 g/mol. The molecule has 0 unspecified atom stereocenters. The summed E-state index contributed by atoms with van der Waals surface area (Å²) in [7, 11) is 0. The van der Waals surface area contributed by atoms with Crippen molar-refractivity contribution in [3.05, 3.63) is 5.92 Å². The maximum absolute atomic E-state index is 5.47. The van der Waals surface area contributed by atoms with E-state index in [9.17, 15) is 0 Å². The Morgan fingerprint density at radius 2 is 2.17 bits per heavy atom. The molecule has 1 rings (SSSR count). The smallest absolute Gasteiger partial charge is 0.0285 e. The predicted octanol–water partition coefficient (Wildman–Crippen LogP) is 1.98. The van der Waals surface area contributed by atoms with E-state index in [1.54, 1.807) is 0 Å². The molecule has 1 heteroatoms. The monoisotopic (exact) mass is 103 g/mol. The van der Waals surface area contributed by atoms with E-state index in [1.807, 2.05) is 0 Å². The van der Waals surface area contributed by atoms with Gasteiger partial charge in [0.15, 0.2) is 0 Å². The molecule has 0 aliphatic heterocycles. The van der Waals surface area contributed by atoms with Crippen molar-refractivity contribution in [2.45, 2.75) is 19.3 Å². The molecule has 1 aliphatic carbocycles. The van der Waals surface area contributed by atoms with Gasteiger partial charge in [-0.25, -0.2) is 0 Å². The summed E-state index contributed by atoms with van der Waals surface area (Å²) in [6, 6.07) is 0. The topological polar surface area (TPSA) is 0 Å². The first kappa shape index (κ1) is 4.45. The van der Waals surface area contributed by atoms with Gasteiger partial charge in [-0.3, -0.25) is 0 Å². The van der Waals surface area contributed by atoms with E-state index >= 15 is 0 Å². The van der Waals surface area contributed by atoms with Gasteiger partial charge in [0.25, 0.3) is 0 Å². The lowest BCUT2D eigenvalue weighted by Crippen LogP contribution is -2.08. The Hall–Kier alpha value is 0.290. The first-order chi connectivity index (χ1) is 2.93. The molecule has 1 fully saturated rings. The third kappa shape index (κ3) is 0.676. The summed E-state index contributed by atoms with van der Waals surface area (Å²) in [6.45, 7) is 0. The number of rotatable bonds is 1. The average molecular weight is 104 g/mol. The lowest BCUT2D eigenvalue weighted by atomic mass is 9.87. The number of halogens is 1. The van der Waals surface area contributed by atoms with Crippen molar-refractivity contribution in [2.75, 3.05) is 5.88 Å². The van der Waals surface area contributed by atoms with Crippen molar-refractivity contribution in [1.29, 1.82) is 0 Å². The molecule has 1 aliphatic rings. The molecule has 0 N–H and O–H groups in total. The molecule has 6 heavy (non-hydrogen) atoms. The van der Waals surface area contributed by atoms with Crippen LogP contribution >= 0.6 is 11.6 Å². The largest absolute Gasteiger partial charge is 0.126 e. The zero-order chi connectivity index (χ0) is 4.41. The van der Waals surface area contributed by atoms with Gasteiger partial charge in [0.2, 0.25) is 0 Å². The van der Waals surface area contributed by atoms with E-state index in [2.05, 4.69) is 0 Å². The molecule has 0 bridgehead atoms. The number of alkyl halides is 1. The van der Waals surface area contributed by atoms with Gasteiger partial charge in [-0.15, -0.1) is 11.6 Å². The highest BCUT2D eigenvalue weighted by Gasteiger charge is 2.15. The molecule has 0 heterocycles. The third-order valence-electron chi connectivity index (χ3n) is 1.25. The highest BCUT2D eigenvalue weighted by molar-refractivity contribution is 6.19. The van der Waals surface area contributed by atoms with Gasteiger partial charge in [-0.2, -0.15) is 0 Å².